The number of hydrogen-bond donors (Lipinski definition) is 1. The Morgan fingerprint density at radius 3 is 2.61 bits per heavy atom. The van der Waals surface area contributed by atoms with Crippen LogP contribution in [-0.2, 0) is 4.79 Å². The Labute approximate surface area is 191 Å². The lowest BCUT2D eigenvalue weighted by Crippen LogP contribution is -2.50. The van der Waals surface area contributed by atoms with Crippen molar-refractivity contribution in [2.75, 3.05) is 12.0 Å². The third kappa shape index (κ3) is 3.92. The first-order valence-electron chi connectivity index (χ1n) is 10.6. The third-order valence-electron chi connectivity index (χ3n) is 6.03. The lowest BCUT2D eigenvalue weighted by atomic mass is 9.99. The maximum absolute atomic E-state index is 13.7. The van der Waals surface area contributed by atoms with Crippen molar-refractivity contribution in [3.05, 3.63) is 65.2 Å². The fourth-order valence-corrected chi connectivity index (χ4v) is 5.60. The van der Waals surface area contributed by atoms with Gasteiger partial charge in [0.2, 0.25) is 11.1 Å². The number of fused-ring (bicyclic) bond motifs is 1. The summed E-state index contributed by atoms with van der Waals surface area (Å²) in [5.41, 5.74) is 5.53. The van der Waals surface area contributed by atoms with Crippen molar-refractivity contribution in [2.24, 2.45) is 0 Å². The van der Waals surface area contributed by atoms with E-state index in [1.165, 1.54) is 18.2 Å². The number of carbonyl (C=O) groups excluding carboxylic acids is 1. The molecular weight excluding hydrogens is 430 g/mol. The molecule has 3 heterocycles. The Morgan fingerprint density at radius 2 is 1.87 bits per heavy atom. The largest absolute Gasteiger partial charge is 0.339 e. The van der Waals surface area contributed by atoms with Crippen LogP contribution in [0.15, 0.2) is 59.8 Å². The Hall–Kier alpha value is -2.51. The van der Waals surface area contributed by atoms with E-state index in [1.54, 1.807) is 0 Å². The zero-order valence-corrected chi connectivity index (χ0v) is 18.8. The van der Waals surface area contributed by atoms with Crippen LogP contribution < -0.4 is 5.43 Å². The van der Waals surface area contributed by atoms with Gasteiger partial charge in [-0.1, -0.05) is 65.8 Å². The van der Waals surface area contributed by atoms with Gasteiger partial charge in [0, 0.05) is 23.2 Å². The van der Waals surface area contributed by atoms with Crippen LogP contribution >= 0.6 is 23.4 Å². The van der Waals surface area contributed by atoms with Crippen molar-refractivity contribution >= 4 is 29.3 Å². The number of rotatable bonds is 3. The van der Waals surface area contributed by atoms with Gasteiger partial charge in [0.25, 0.3) is 0 Å². The fourth-order valence-electron chi connectivity index (χ4n) is 4.33. The highest BCUT2D eigenvalue weighted by Crippen LogP contribution is 2.40. The molecule has 3 aromatic rings. The van der Waals surface area contributed by atoms with E-state index in [0.717, 1.165) is 36.3 Å². The van der Waals surface area contributed by atoms with Gasteiger partial charge in [0.1, 0.15) is 5.25 Å². The van der Waals surface area contributed by atoms with Crippen LogP contribution in [0.4, 0.5) is 0 Å². The molecule has 0 unspecified atom stereocenters. The molecule has 31 heavy (non-hydrogen) atoms. The number of piperidine rings is 1. The third-order valence-corrected chi connectivity index (χ3v) is 7.48. The number of amides is 1. The van der Waals surface area contributed by atoms with E-state index in [-0.39, 0.29) is 23.2 Å². The maximum Gasteiger partial charge on any atom is 0.238 e. The van der Waals surface area contributed by atoms with E-state index in [1.807, 2.05) is 64.2 Å². The summed E-state index contributed by atoms with van der Waals surface area (Å²) in [4.78, 5) is 15.7. The molecule has 2 aliphatic rings. The van der Waals surface area contributed by atoms with Crippen molar-refractivity contribution < 1.29 is 4.79 Å². The highest BCUT2D eigenvalue weighted by atomic mass is 35.5. The van der Waals surface area contributed by atoms with E-state index in [0.29, 0.717) is 10.2 Å². The Morgan fingerprint density at radius 1 is 1.10 bits per heavy atom. The standard InChI is InChI=1S/C23H24ClN5OS/c1-15-7-5-6-14-28(15)22(30)20-19(16-10-12-18(24)13-11-16)27-29-21(25-26-23(29)31-20)17-8-3-2-4-9-17/h2-4,8-13,15,19-20,27H,5-7,14H2,1H3/t15-,19-,20+/m0/s1. The van der Waals surface area contributed by atoms with Gasteiger partial charge < -0.3 is 10.3 Å². The summed E-state index contributed by atoms with van der Waals surface area (Å²) in [5.74, 6) is 0.888. The summed E-state index contributed by atoms with van der Waals surface area (Å²) in [6.45, 7) is 2.96. The topological polar surface area (TPSA) is 63.1 Å². The SMILES string of the molecule is C[C@H]1CCCCN1C(=O)[C@@H]1Sc2nnc(-c3ccccc3)n2N[C@H]1c1ccc(Cl)cc1. The molecule has 1 N–H and O–H groups in total. The Bertz CT molecular complexity index is 1070. The zero-order valence-electron chi connectivity index (χ0n) is 17.2. The molecule has 160 valence electrons. The van der Waals surface area contributed by atoms with Crippen LogP contribution in [0.5, 0.6) is 0 Å². The van der Waals surface area contributed by atoms with E-state index in [4.69, 9.17) is 11.6 Å². The molecule has 3 atom stereocenters. The van der Waals surface area contributed by atoms with Gasteiger partial charge in [-0.05, 0) is 43.9 Å². The first-order valence-corrected chi connectivity index (χ1v) is 11.9. The summed E-state index contributed by atoms with van der Waals surface area (Å²) < 4.78 is 1.91. The highest BCUT2D eigenvalue weighted by molar-refractivity contribution is 8.00. The summed E-state index contributed by atoms with van der Waals surface area (Å²) in [6, 6.07) is 17.7. The second kappa shape index (κ2) is 8.55. The fraction of sp³-hybridized carbons (Fsp3) is 0.348. The molecule has 2 aromatic carbocycles. The van der Waals surface area contributed by atoms with Crippen LogP contribution in [0, 0.1) is 0 Å². The number of nitrogens with zero attached hydrogens (tertiary/aromatic N) is 4. The molecule has 0 saturated carbocycles. The average Bonchev–Trinajstić information content (AvgIpc) is 3.22. The molecule has 1 fully saturated rings. The molecule has 6 nitrogen and oxygen atoms in total. The maximum atomic E-state index is 13.7. The number of carbonyl (C=O) groups is 1. The first-order chi connectivity index (χ1) is 15.1. The quantitative estimate of drug-likeness (QED) is 0.619. The van der Waals surface area contributed by atoms with Crippen molar-refractivity contribution in [1.29, 1.82) is 0 Å². The van der Waals surface area contributed by atoms with Crippen molar-refractivity contribution in [3.8, 4) is 11.4 Å². The predicted molar refractivity (Wildman–Crippen MR) is 124 cm³/mol. The summed E-state index contributed by atoms with van der Waals surface area (Å²) in [6.07, 6.45) is 3.29. The number of aromatic nitrogens is 3. The lowest BCUT2D eigenvalue weighted by molar-refractivity contribution is -0.134. The summed E-state index contributed by atoms with van der Waals surface area (Å²) in [5, 5.41) is 9.85. The number of benzene rings is 2. The zero-order chi connectivity index (χ0) is 21.4. The average molecular weight is 454 g/mol. The minimum Gasteiger partial charge on any atom is -0.339 e. The molecule has 0 aliphatic carbocycles. The first kappa shape index (κ1) is 20.4. The molecular formula is C23H24ClN5OS. The molecule has 8 heteroatoms. The molecule has 1 aromatic heterocycles. The van der Waals surface area contributed by atoms with Gasteiger partial charge in [-0.2, -0.15) is 0 Å². The molecule has 0 spiro atoms. The predicted octanol–water partition coefficient (Wildman–Crippen LogP) is 4.76. The van der Waals surface area contributed by atoms with Gasteiger partial charge >= 0.3 is 0 Å². The van der Waals surface area contributed by atoms with E-state index >= 15 is 0 Å². The van der Waals surface area contributed by atoms with Gasteiger partial charge in [-0.25, -0.2) is 4.68 Å². The summed E-state index contributed by atoms with van der Waals surface area (Å²) >= 11 is 7.62. The number of likely N-dealkylation sites (tertiary alicyclic amines) is 1. The Kier molecular flexibility index (Phi) is 5.63. The van der Waals surface area contributed by atoms with E-state index in [9.17, 15) is 4.79 Å². The van der Waals surface area contributed by atoms with Crippen molar-refractivity contribution in [2.45, 2.75) is 48.7 Å². The van der Waals surface area contributed by atoms with E-state index < -0.39 is 0 Å². The van der Waals surface area contributed by atoms with Crippen molar-refractivity contribution in [1.82, 2.24) is 19.8 Å². The number of nitrogens with one attached hydrogen (secondary N) is 1. The summed E-state index contributed by atoms with van der Waals surface area (Å²) in [7, 11) is 0. The van der Waals surface area contributed by atoms with Crippen LogP contribution in [0.25, 0.3) is 11.4 Å². The highest BCUT2D eigenvalue weighted by Gasteiger charge is 2.41. The normalized spacial score (nSPS) is 23.2. The van der Waals surface area contributed by atoms with Crippen LogP contribution in [0.2, 0.25) is 5.02 Å². The smallest absolute Gasteiger partial charge is 0.238 e. The number of halogens is 1. The molecule has 5 rings (SSSR count). The van der Waals surface area contributed by atoms with Gasteiger partial charge in [0.05, 0.1) is 6.04 Å². The number of hydrogen-bond acceptors (Lipinski definition) is 5. The minimum atomic E-state index is -0.331. The second-order valence-electron chi connectivity index (χ2n) is 8.08. The molecule has 0 bridgehead atoms. The van der Waals surface area contributed by atoms with Gasteiger partial charge in [-0.15, -0.1) is 10.2 Å². The number of thioether (sulfide) groups is 1. The molecule has 1 saturated heterocycles. The molecule has 1 amide bonds. The van der Waals surface area contributed by atoms with Crippen LogP contribution in [0.3, 0.4) is 0 Å². The molecule has 2 aliphatic heterocycles. The minimum absolute atomic E-state index is 0.153. The van der Waals surface area contributed by atoms with Gasteiger partial charge in [0.15, 0.2) is 5.82 Å². The van der Waals surface area contributed by atoms with Crippen LogP contribution in [-0.4, -0.2) is 43.5 Å². The van der Waals surface area contributed by atoms with Crippen molar-refractivity contribution in [3.63, 3.8) is 0 Å². The Balaban J connectivity index is 1.53. The monoisotopic (exact) mass is 453 g/mol. The van der Waals surface area contributed by atoms with Crippen LogP contribution in [0.1, 0.15) is 37.8 Å². The second-order valence-corrected chi connectivity index (χ2v) is 9.63. The van der Waals surface area contributed by atoms with E-state index in [2.05, 4.69) is 22.5 Å². The van der Waals surface area contributed by atoms with Gasteiger partial charge in [-0.3, -0.25) is 4.79 Å². The molecule has 0 radical (unpaired) electrons. The lowest BCUT2D eigenvalue weighted by Gasteiger charge is -2.39.